The van der Waals surface area contributed by atoms with Crippen molar-refractivity contribution in [2.75, 3.05) is 41.4 Å². The Labute approximate surface area is 242 Å². The number of para-hydroxylation sites is 2. The normalized spacial score (nSPS) is 7.90. The van der Waals surface area contributed by atoms with E-state index in [2.05, 4.69) is 71.5 Å². The van der Waals surface area contributed by atoms with Crippen LogP contribution < -0.4 is 32.4 Å². The minimum atomic E-state index is 0. The Morgan fingerprint density at radius 2 is 0.641 bits per heavy atom. The monoisotopic (exact) mass is 556 g/mol. The van der Waals surface area contributed by atoms with Gasteiger partial charge in [-0.25, -0.2) is 0 Å². The Kier molecular flexibility index (Phi) is 38.0. The summed E-state index contributed by atoms with van der Waals surface area (Å²) in [5.74, 6) is 1.75. The van der Waals surface area contributed by atoms with Gasteiger partial charge < -0.3 is 32.4 Å². The summed E-state index contributed by atoms with van der Waals surface area (Å²) in [6.07, 6.45) is 0. The first-order chi connectivity index (χ1) is 18.4. The minimum Gasteiger partial charge on any atom is -0.490 e. The van der Waals surface area contributed by atoms with Gasteiger partial charge in [0, 0.05) is 9.79 Å². The molecule has 0 saturated carbocycles. The summed E-state index contributed by atoms with van der Waals surface area (Å²) >= 11 is 1.79. The zero-order valence-corrected chi connectivity index (χ0v) is 23.3. The Bertz CT molecular complexity index is 854. The van der Waals surface area contributed by atoms with E-state index < -0.39 is 0 Å². The molecule has 4 aromatic rings. The lowest BCUT2D eigenvalue weighted by Gasteiger charge is -2.07. The highest BCUT2D eigenvalue weighted by Gasteiger charge is 1.94. The van der Waals surface area contributed by atoms with Gasteiger partial charge in [0.2, 0.25) is 0 Å². The third-order valence-corrected chi connectivity index (χ3v) is 4.85. The largest absolute Gasteiger partial charge is 0.490 e. The average Bonchev–Trinajstić information content (AvgIpc) is 3.02. The molecular formula is C32H52N4O2S. The smallest absolute Gasteiger partial charge is 0.122 e. The standard InChI is InChI=1S/C14H14O2.C12H10S.4CH5N.2CH4/c1-3-7-13(8-4-1)15-11-12-16-14-9-5-2-6-10-14;1-3-7-11(8-4-1)13-12-9-5-2-6-10-12;4*1-2;;/h1-10H,11-12H2;1-10H;4*2H2,1H3;2*1H4. The molecule has 0 amide bonds. The highest BCUT2D eigenvalue weighted by atomic mass is 32.2. The summed E-state index contributed by atoms with van der Waals surface area (Å²) in [5.41, 5.74) is 18.0. The van der Waals surface area contributed by atoms with Crippen LogP contribution in [0.15, 0.2) is 131 Å². The van der Waals surface area contributed by atoms with E-state index >= 15 is 0 Å². The molecule has 0 saturated heterocycles. The van der Waals surface area contributed by atoms with Gasteiger partial charge in [-0.1, -0.05) is 99.4 Å². The molecule has 39 heavy (non-hydrogen) atoms. The van der Waals surface area contributed by atoms with Crippen LogP contribution in [0.3, 0.4) is 0 Å². The highest BCUT2D eigenvalue weighted by molar-refractivity contribution is 7.99. The van der Waals surface area contributed by atoms with Crippen molar-refractivity contribution in [2.24, 2.45) is 22.9 Å². The molecule has 0 aliphatic rings. The number of nitrogens with two attached hydrogens (primary N) is 4. The zero-order valence-electron chi connectivity index (χ0n) is 22.5. The van der Waals surface area contributed by atoms with Crippen molar-refractivity contribution in [1.82, 2.24) is 0 Å². The maximum Gasteiger partial charge on any atom is 0.122 e. The van der Waals surface area contributed by atoms with Crippen molar-refractivity contribution in [3.05, 3.63) is 121 Å². The third kappa shape index (κ3) is 23.5. The van der Waals surface area contributed by atoms with Crippen LogP contribution in [-0.4, -0.2) is 41.4 Å². The predicted octanol–water partition coefficient (Wildman–Crippen LogP) is 6.55. The second kappa shape index (κ2) is 34.7. The van der Waals surface area contributed by atoms with Gasteiger partial charge in [0.25, 0.3) is 0 Å². The molecule has 0 atom stereocenters. The Hall–Kier alpha value is -3.33. The first kappa shape index (κ1) is 42.7. The average molecular weight is 557 g/mol. The molecule has 0 unspecified atom stereocenters. The van der Waals surface area contributed by atoms with E-state index in [9.17, 15) is 0 Å². The summed E-state index contributed by atoms with van der Waals surface area (Å²) in [6, 6.07) is 40.3. The Morgan fingerprint density at radius 1 is 0.410 bits per heavy atom. The molecule has 0 aliphatic carbocycles. The molecular weight excluding hydrogens is 504 g/mol. The molecule has 4 aromatic carbocycles. The van der Waals surface area contributed by atoms with Crippen LogP contribution in [0.2, 0.25) is 0 Å². The molecule has 218 valence electrons. The maximum atomic E-state index is 5.50. The Balaban J connectivity index is -0.000000242. The number of ether oxygens (including phenoxy) is 2. The van der Waals surface area contributed by atoms with Gasteiger partial charge >= 0.3 is 0 Å². The second-order valence-electron chi connectivity index (χ2n) is 6.05. The molecule has 0 spiro atoms. The zero-order chi connectivity index (χ0) is 28.0. The first-order valence-corrected chi connectivity index (χ1v) is 12.7. The predicted molar refractivity (Wildman–Crippen MR) is 175 cm³/mol. The van der Waals surface area contributed by atoms with Gasteiger partial charge in [0.1, 0.15) is 24.7 Å². The van der Waals surface area contributed by atoms with Crippen LogP contribution in [0.4, 0.5) is 0 Å². The van der Waals surface area contributed by atoms with Crippen LogP contribution in [0, 0.1) is 0 Å². The van der Waals surface area contributed by atoms with Crippen LogP contribution in [-0.2, 0) is 0 Å². The number of rotatable bonds is 7. The second-order valence-corrected chi connectivity index (χ2v) is 7.20. The minimum absolute atomic E-state index is 0. The number of benzene rings is 4. The van der Waals surface area contributed by atoms with Crippen molar-refractivity contribution in [3.63, 3.8) is 0 Å². The summed E-state index contributed by atoms with van der Waals surface area (Å²) in [7, 11) is 6.00. The van der Waals surface area contributed by atoms with Gasteiger partial charge in [-0.2, -0.15) is 0 Å². The molecule has 0 heterocycles. The topological polar surface area (TPSA) is 123 Å². The molecule has 4 rings (SSSR count). The fraction of sp³-hybridized carbons (Fsp3) is 0.250. The molecule has 7 heteroatoms. The molecule has 0 radical (unpaired) electrons. The van der Waals surface area contributed by atoms with Gasteiger partial charge in [-0.15, -0.1) is 0 Å². The molecule has 6 nitrogen and oxygen atoms in total. The van der Waals surface area contributed by atoms with Crippen molar-refractivity contribution in [2.45, 2.75) is 24.6 Å². The molecule has 0 aromatic heterocycles. The summed E-state index contributed by atoms with van der Waals surface area (Å²) < 4.78 is 11.0. The van der Waals surface area contributed by atoms with E-state index in [1.807, 2.05) is 72.8 Å². The van der Waals surface area contributed by atoms with E-state index in [4.69, 9.17) is 9.47 Å². The van der Waals surface area contributed by atoms with Crippen molar-refractivity contribution in [3.8, 4) is 11.5 Å². The fourth-order valence-electron chi connectivity index (χ4n) is 2.47. The molecule has 0 fully saturated rings. The van der Waals surface area contributed by atoms with Gasteiger partial charge in [0.15, 0.2) is 0 Å². The van der Waals surface area contributed by atoms with Crippen molar-refractivity contribution in [1.29, 1.82) is 0 Å². The van der Waals surface area contributed by atoms with E-state index in [1.54, 1.807) is 11.8 Å². The lowest BCUT2D eigenvalue weighted by Crippen LogP contribution is -2.08. The highest BCUT2D eigenvalue weighted by Crippen LogP contribution is 2.26. The fourth-order valence-corrected chi connectivity index (χ4v) is 3.32. The molecule has 0 aliphatic heterocycles. The van der Waals surface area contributed by atoms with Gasteiger partial charge in [-0.3, -0.25) is 0 Å². The van der Waals surface area contributed by atoms with Crippen molar-refractivity contribution < 1.29 is 9.47 Å². The lowest BCUT2D eigenvalue weighted by molar-refractivity contribution is 0.217. The third-order valence-electron chi connectivity index (χ3n) is 3.83. The lowest BCUT2D eigenvalue weighted by atomic mass is 10.3. The molecule has 8 N–H and O–H groups in total. The Morgan fingerprint density at radius 3 is 0.897 bits per heavy atom. The van der Waals surface area contributed by atoms with Crippen molar-refractivity contribution >= 4 is 11.8 Å². The van der Waals surface area contributed by atoms with E-state index in [-0.39, 0.29) is 14.9 Å². The summed E-state index contributed by atoms with van der Waals surface area (Å²) in [6.45, 7) is 1.11. The number of hydrogen-bond donors (Lipinski definition) is 4. The van der Waals surface area contributed by atoms with E-state index in [0.29, 0.717) is 13.2 Å². The number of hydrogen-bond acceptors (Lipinski definition) is 7. The van der Waals surface area contributed by atoms with Crippen LogP contribution in [0.1, 0.15) is 14.9 Å². The van der Waals surface area contributed by atoms with Crippen LogP contribution in [0.5, 0.6) is 11.5 Å². The van der Waals surface area contributed by atoms with E-state index in [1.165, 1.54) is 38.0 Å². The summed E-state index contributed by atoms with van der Waals surface area (Å²) in [4.78, 5) is 2.57. The van der Waals surface area contributed by atoms with Gasteiger partial charge in [-0.05, 0) is 76.7 Å². The molecule has 0 bridgehead atoms. The summed E-state index contributed by atoms with van der Waals surface area (Å²) in [5, 5.41) is 0. The van der Waals surface area contributed by atoms with Crippen LogP contribution >= 0.6 is 11.8 Å². The van der Waals surface area contributed by atoms with Crippen LogP contribution in [0.25, 0.3) is 0 Å². The first-order valence-electron chi connectivity index (χ1n) is 11.8. The van der Waals surface area contributed by atoms with E-state index in [0.717, 1.165) is 11.5 Å². The SMILES string of the molecule is C.C.CN.CN.CN.CN.c1ccc(OCCOc2ccccc2)cc1.c1ccc(Sc2ccccc2)cc1. The maximum absolute atomic E-state index is 5.50. The quantitative estimate of drug-likeness (QED) is 0.190. The van der Waals surface area contributed by atoms with Gasteiger partial charge in [0.05, 0.1) is 0 Å².